The standard InChI is InChI=1S/C15H20N2O/c1-4-5-10-16(2)15(18)14-11-12-8-6-7-9-13(12)17(14)3/h6-9,11H,4-5,10H2,1-3H3. The van der Waals surface area contributed by atoms with Gasteiger partial charge >= 0.3 is 0 Å². The Morgan fingerprint density at radius 3 is 2.72 bits per heavy atom. The second-order valence-corrected chi connectivity index (χ2v) is 4.73. The molecule has 0 spiro atoms. The van der Waals surface area contributed by atoms with Gasteiger partial charge in [-0.1, -0.05) is 31.5 Å². The molecule has 1 heterocycles. The summed E-state index contributed by atoms with van der Waals surface area (Å²) in [7, 11) is 3.82. The summed E-state index contributed by atoms with van der Waals surface area (Å²) in [6.45, 7) is 2.95. The van der Waals surface area contributed by atoms with E-state index in [0.717, 1.165) is 36.0 Å². The number of rotatable bonds is 4. The van der Waals surface area contributed by atoms with Gasteiger partial charge in [-0.2, -0.15) is 0 Å². The zero-order valence-corrected chi connectivity index (χ0v) is 11.3. The summed E-state index contributed by atoms with van der Waals surface area (Å²) in [6.07, 6.45) is 2.15. The van der Waals surface area contributed by atoms with Gasteiger partial charge in [0.25, 0.3) is 5.91 Å². The third kappa shape index (κ3) is 2.26. The highest BCUT2D eigenvalue weighted by atomic mass is 16.2. The minimum Gasteiger partial charge on any atom is -0.340 e. The number of benzene rings is 1. The lowest BCUT2D eigenvalue weighted by atomic mass is 10.2. The van der Waals surface area contributed by atoms with Gasteiger partial charge in [0.05, 0.1) is 0 Å². The van der Waals surface area contributed by atoms with Gasteiger partial charge in [0.1, 0.15) is 5.69 Å². The van der Waals surface area contributed by atoms with E-state index in [9.17, 15) is 4.79 Å². The first-order chi connectivity index (χ1) is 8.65. The second kappa shape index (κ2) is 5.25. The smallest absolute Gasteiger partial charge is 0.270 e. The van der Waals surface area contributed by atoms with Gasteiger partial charge in [-0.05, 0) is 18.6 Å². The van der Waals surface area contributed by atoms with Gasteiger partial charge in [0.2, 0.25) is 0 Å². The highest BCUT2D eigenvalue weighted by Gasteiger charge is 2.16. The van der Waals surface area contributed by atoms with Crippen molar-refractivity contribution in [3.05, 3.63) is 36.0 Å². The van der Waals surface area contributed by atoms with Crippen molar-refractivity contribution in [2.75, 3.05) is 13.6 Å². The van der Waals surface area contributed by atoms with E-state index < -0.39 is 0 Å². The van der Waals surface area contributed by atoms with E-state index in [2.05, 4.69) is 6.92 Å². The van der Waals surface area contributed by atoms with Crippen LogP contribution in [0.15, 0.2) is 30.3 Å². The predicted octanol–water partition coefficient (Wildman–Crippen LogP) is 3.05. The van der Waals surface area contributed by atoms with Crippen molar-refractivity contribution in [2.24, 2.45) is 7.05 Å². The number of aryl methyl sites for hydroxylation is 1. The molecule has 1 aromatic heterocycles. The largest absolute Gasteiger partial charge is 0.340 e. The SMILES string of the molecule is CCCCN(C)C(=O)c1cc2ccccc2n1C. The number of aromatic nitrogens is 1. The summed E-state index contributed by atoms with van der Waals surface area (Å²) in [6, 6.07) is 10.0. The van der Waals surface area contributed by atoms with Gasteiger partial charge in [-0.25, -0.2) is 0 Å². The molecule has 0 aliphatic carbocycles. The number of fused-ring (bicyclic) bond motifs is 1. The lowest BCUT2D eigenvalue weighted by Gasteiger charge is -2.17. The Morgan fingerprint density at radius 2 is 2.06 bits per heavy atom. The maximum absolute atomic E-state index is 12.3. The Labute approximate surface area is 108 Å². The van der Waals surface area contributed by atoms with Crippen LogP contribution in [-0.4, -0.2) is 29.0 Å². The molecule has 3 nitrogen and oxygen atoms in total. The summed E-state index contributed by atoms with van der Waals surface area (Å²) in [5.74, 6) is 0.0992. The third-order valence-electron chi connectivity index (χ3n) is 3.36. The monoisotopic (exact) mass is 244 g/mol. The van der Waals surface area contributed by atoms with E-state index in [1.165, 1.54) is 0 Å². The number of para-hydroxylation sites is 1. The topological polar surface area (TPSA) is 25.2 Å². The molecule has 0 aliphatic rings. The normalized spacial score (nSPS) is 10.8. The summed E-state index contributed by atoms with van der Waals surface area (Å²) < 4.78 is 1.97. The molecule has 0 aliphatic heterocycles. The third-order valence-corrected chi connectivity index (χ3v) is 3.36. The average Bonchev–Trinajstić information content (AvgIpc) is 2.73. The number of carbonyl (C=O) groups excluding carboxylic acids is 1. The molecule has 0 radical (unpaired) electrons. The number of hydrogen-bond acceptors (Lipinski definition) is 1. The van der Waals surface area contributed by atoms with Crippen LogP contribution < -0.4 is 0 Å². The van der Waals surface area contributed by atoms with Crippen LogP contribution in [0.3, 0.4) is 0 Å². The minimum atomic E-state index is 0.0992. The first kappa shape index (κ1) is 12.7. The molecule has 0 unspecified atom stereocenters. The Morgan fingerprint density at radius 1 is 1.33 bits per heavy atom. The van der Waals surface area contributed by atoms with Crippen LogP contribution >= 0.6 is 0 Å². The van der Waals surface area contributed by atoms with Crippen LogP contribution in [0.4, 0.5) is 0 Å². The van der Waals surface area contributed by atoms with Crippen LogP contribution in [0.25, 0.3) is 10.9 Å². The molecule has 1 amide bonds. The highest BCUT2D eigenvalue weighted by molar-refractivity contribution is 5.98. The average molecular weight is 244 g/mol. The zero-order valence-electron chi connectivity index (χ0n) is 11.3. The fourth-order valence-electron chi connectivity index (χ4n) is 2.19. The highest BCUT2D eigenvalue weighted by Crippen LogP contribution is 2.19. The van der Waals surface area contributed by atoms with Crippen molar-refractivity contribution in [1.82, 2.24) is 9.47 Å². The maximum atomic E-state index is 12.3. The zero-order chi connectivity index (χ0) is 13.1. The van der Waals surface area contributed by atoms with E-state index >= 15 is 0 Å². The fourth-order valence-corrected chi connectivity index (χ4v) is 2.19. The van der Waals surface area contributed by atoms with E-state index in [4.69, 9.17) is 0 Å². The number of nitrogens with zero attached hydrogens (tertiary/aromatic N) is 2. The van der Waals surface area contributed by atoms with Gasteiger partial charge in [-0.3, -0.25) is 4.79 Å². The van der Waals surface area contributed by atoms with Gasteiger partial charge < -0.3 is 9.47 Å². The van der Waals surface area contributed by atoms with E-state index in [0.29, 0.717) is 0 Å². The molecule has 0 atom stereocenters. The molecule has 0 bridgehead atoms. The van der Waals surface area contributed by atoms with Gasteiger partial charge in [-0.15, -0.1) is 0 Å². The van der Waals surface area contributed by atoms with Gasteiger partial charge in [0.15, 0.2) is 0 Å². The first-order valence-electron chi connectivity index (χ1n) is 6.45. The molecule has 2 rings (SSSR count). The molecule has 1 aromatic carbocycles. The van der Waals surface area contributed by atoms with Crippen molar-refractivity contribution >= 4 is 16.8 Å². The van der Waals surface area contributed by atoms with Crippen LogP contribution in [0.2, 0.25) is 0 Å². The molecular weight excluding hydrogens is 224 g/mol. The van der Waals surface area contributed by atoms with E-state index in [1.807, 2.05) is 49.0 Å². The Hall–Kier alpha value is -1.77. The molecule has 0 saturated heterocycles. The predicted molar refractivity (Wildman–Crippen MR) is 74.8 cm³/mol. The summed E-state index contributed by atoms with van der Waals surface area (Å²) in [5.41, 5.74) is 1.86. The lowest BCUT2D eigenvalue weighted by molar-refractivity contribution is 0.0784. The summed E-state index contributed by atoms with van der Waals surface area (Å²) >= 11 is 0. The van der Waals surface area contributed by atoms with E-state index in [-0.39, 0.29) is 5.91 Å². The number of unbranched alkanes of at least 4 members (excludes halogenated alkanes) is 1. The lowest BCUT2D eigenvalue weighted by Crippen LogP contribution is -2.29. The van der Waals surface area contributed by atoms with E-state index in [1.54, 1.807) is 4.90 Å². The molecule has 18 heavy (non-hydrogen) atoms. The molecular formula is C15H20N2O. The van der Waals surface area contributed by atoms with Crippen molar-refractivity contribution in [1.29, 1.82) is 0 Å². The number of amides is 1. The van der Waals surface area contributed by atoms with Crippen LogP contribution in [-0.2, 0) is 7.05 Å². The summed E-state index contributed by atoms with van der Waals surface area (Å²) in [5, 5.41) is 1.12. The molecule has 0 saturated carbocycles. The van der Waals surface area contributed by atoms with Crippen LogP contribution in [0, 0.1) is 0 Å². The molecule has 3 heteroatoms. The van der Waals surface area contributed by atoms with Crippen molar-refractivity contribution in [2.45, 2.75) is 19.8 Å². The second-order valence-electron chi connectivity index (χ2n) is 4.73. The quantitative estimate of drug-likeness (QED) is 0.811. The molecule has 2 aromatic rings. The number of carbonyl (C=O) groups is 1. The molecule has 96 valence electrons. The Kier molecular flexibility index (Phi) is 3.70. The minimum absolute atomic E-state index is 0.0992. The van der Waals surface area contributed by atoms with Crippen LogP contribution in [0.1, 0.15) is 30.3 Å². The maximum Gasteiger partial charge on any atom is 0.270 e. The fraction of sp³-hybridized carbons (Fsp3) is 0.400. The van der Waals surface area contributed by atoms with Gasteiger partial charge in [0, 0.05) is 31.5 Å². The molecule has 0 N–H and O–H groups in total. The molecule has 0 fully saturated rings. The van der Waals surface area contributed by atoms with Crippen molar-refractivity contribution < 1.29 is 4.79 Å². The van der Waals surface area contributed by atoms with Crippen LogP contribution in [0.5, 0.6) is 0 Å². The Bertz CT molecular complexity index is 557. The Balaban J connectivity index is 2.30. The first-order valence-corrected chi connectivity index (χ1v) is 6.45. The van der Waals surface area contributed by atoms with Crippen molar-refractivity contribution in [3.63, 3.8) is 0 Å². The number of hydrogen-bond donors (Lipinski definition) is 0. The van der Waals surface area contributed by atoms with Crippen molar-refractivity contribution in [3.8, 4) is 0 Å². The summed E-state index contributed by atoms with van der Waals surface area (Å²) in [4.78, 5) is 14.1.